The molecule has 10 nitrogen and oxygen atoms in total. The Morgan fingerprint density at radius 1 is 0.755 bits per heavy atom. The summed E-state index contributed by atoms with van der Waals surface area (Å²) in [5, 5.41) is 26.6. The number of carbonyl (C=O) groups is 2. The molecule has 7 rings (SSSR count). The van der Waals surface area contributed by atoms with Crippen molar-refractivity contribution in [2.75, 3.05) is 12.4 Å². The Morgan fingerprint density at radius 2 is 1.47 bits per heavy atom. The Kier molecular flexibility index (Phi) is 11.4. The molecule has 6 N–H and O–H groups in total. The molecule has 0 spiro atoms. The van der Waals surface area contributed by atoms with Gasteiger partial charge in [-0.2, -0.15) is 0 Å². The molecule has 0 fully saturated rings. The average Bonchev–Trinajstić information content (AvgIpc) is 3.81. The van der Waals surface area contributed by atoms with Gasteiger partial charge in [-0.25, -0.2) is 4.39 Å². The minimum Gasteiger partial charge on any atom is -0.508 e. The van der Waals surface area contributed by atoms with Crippen LogP contribution < -0.4 is 20.1 Å². The molecule has 0 aliphatic heterocycles. The van der Waals surface area contributed by atoms with Gasteiger partial charge >= 0.3 is 0 Å². The standard InChI is InChI=1S/C25H24N2O3.C17H15FN2O3/c1-2-17-8-9-23-20(10-17)13-24(27-23)25(29)26-15-19-11-21(28)14-22(12-19)30-16-18-6-4-3-5-7-18;1-23-16-5-3-13(7-11(16)9-21)19-17(22)15-8-10-6-12(18)2-4-14(10)20-15/h3-14,27-28H,2,15-16H2,1H3,(H,26,29);2-8,20-21H,9H2,1H3,(H,19,22). The van der Waals surface area contributed by atoms with Crippen molar-refractivity contribution in [2.45, 2.75) is 33.1 Å². The summed E-state index contributed by atoms with van der Waals surface area (Å²) in [7, 11) is 1.51. The third-order valence-corrected chi connectivity index (χ3v) is 8.53. The number of benzene rings is 5. The molecule has 53 heavy (non-hydrogen) atoms. The number of aromatic amines is 2. The van der Waals surface area contributed by atoms with Crippen molar-refractivity contribution in [2.24, 2.45) is 0 Å². The maximum Gasteiger partial charge on any atom is 0.272 e. The van der Waals surface area contributed by atoms with Gasteiger partial charge in [0.05, 0.1) is 13.7 Å². The lowest BCUT2D eigenvalue weighted by Gasteiger charge is -2.10. The molecule has 0 radical (unpaired) electrons. The molecule has 270 valence electrons. The number of aliphatic hydroxyl groups excluding tert-OH is 1. The Labute approximate surface area is 305 Å². The Bertz CT molecular complexity index is 2370. The van der Waals surface area contributed by atoms with E-state index in [9.17, 15) is 24.2 Å². The molecule has 2 heterocycles. The molecule has 0 aliphatic rings. The monoisotopic (exact) mass is 714 g/mol. The number of methoxy groups -OCH3 is 1. The van der Waals surface area contributed by atoms with Crippen LogP contribution in [0.4, 0.5) is 10.1 Å². The predicted octanol–water partition coefficient (Wildman–Crippen LogP) is 8.01. The summed E-state index contributed by atoms with van der Waals surface area (Å²) < 4.78 is 24.1. The number of aryl methyl sites for hydroxylation is 1. The van der Waals surface area contributed by atoms with Gasteiger partial charge in [-0.1, -0.05) is 43.3 Å². The van der Waals surface area contributed by atoms with Gasteiger partial charge in [0.1, 0.15) is 41.1 Å². The summed E-state index contributed by atoms with van der Waals surface area (Å²) in [6.07, 6.45) is 0.953. The lowest BCUT2D eigenvalue weighted by atomic mass is 10.1. The highest BCUT2D eigenvalue weighted by Crippen LogP contribution is 2.25. The van der Waals surface area contributed by atoms with Crippen LogP contribution in [-0.4, -0.2) is 39.1 Å². The van der Waals surface area contributed by atoms with Crippen molar-refractivity contribution in [1.82, 2.24) is 15.3 Å². The number of phenols is 1. The number of phenolic OH excluding ortho intramolecular Hbond substituents is 1. The summed E-state index contributed by atoms with van der Waals surface area (Å²) >= 11 is 0. The minimum absolute atomic E-state index is 0.0996. The van der Waals surface area contributed by atoms with Gasteiger partial charge in [-0.05, 0) is 95.9 Å². The number of hydrogen-bond acceptors (Lipinski definition) is 6. The highest BCUT2D eigenvalue weighted by molar-refractivity contribution is 6.06. The molecule has 5 aromatic carbocycles. The van der Waals surface area contributed by atoms with Gasteiger partial charge < -0.3 is 40.3 Å². The lowest BCUT2D eigenvalue weighted by molar-refractivity contribution is 0.0945. The van der Waals surface area contributed by atoms with Gasteiger partial charge in [0.2, 0.25) is 0 Å². The molecule has 2 amide bonds. The van der Waals surface area contributed by atoms with Crippen molar-refractivity contribution in [3.8, 4) is 17.2 Å². The van der Waals surface area contributed by atoms with E-state index in [1.165, 1.54) is 24.8 Å². The van der Waals surface area contributed by atoms with E-state index in [-0.39, 0.29) is 36.5 Å². The van der Waals surface area contributed by atoms with Crippen LogP contribution in [0.15, 0.2) is 115 Å². The van der Waals surface area contributed by atoms with E-state index < -0.39 is 0 Å². The zero-order valence-electron chi connectivity index (χ0n) is 29.2. The van der Waals surface area contributed by atoms with Gasteiger partial charge in [0, 0.05) is 45.7 Å². The van der Waals surface area contributed by atoms with Crippen molar-refractivity contribution in [3.05, 3.63) is 155 Å². The first-order valence-corrected chi connectivity index (χ1v) is 17.0. The number of halogens is 1. The van der Waals surface area contributed by atoms with Crippen LogP contribution in [-0.2, 0) is 26.2 Å². The quantitative estimate of drug-likeness (QED) is 0.0800. The number of aromatic hydroxyl groups is 1. The number of hydrogen-bond donors (Lipinski definition) is 6. The van der Waals surface area contributed by atoms with Crippen LogP contribution in [0, 0.1) is 5.82 Å². The fraction of sp³-hybridized carbons (Fsp3) is 0.143. The summed E-state index contributed by atoms with van der Waals surface area (Å²) in [6, 6.07) is 33.7. The van der Waals surface area contributed by atoms with E-state index in [4.69, 9.17) is 9.47 Å². The first kappa shape index (κ1) is 36.2. The SMILES string of the molecule is CCc1ccc2[nH]c(C(=O)NCc3cc(O)cc(OCc4ccccc4)c3)cc2c1.COc1ccc(NC(=O)c2cc3cc(F)ccc3[nH]2)cc1CO. The lowest BCUT2D eigenvalue weighted by Crippen LogP contribution is -2.23. The number of H-pyrrole nitrogens is 2. The molecule has 0 saturated heterocycles. The number of carbonyl (C=O) groups excluding carboxylic acids is 2. The van der Waals surface area contributed by atoms with E-state index >= 15 is 0 Å². The number of nitrogens with one attached hydrogen (secondary N) is 4. The van der Waals surface area contributed by atoms with Gasteiger partial charge in [-0.3, -0.25) is 9.59 Å². The van der Waals surface area contributed by atoms with Crippen LogP contribution in [0.1, 0.15) is 50.2 Å². The largest absolute Gasteiger partial charge is 0.508 e. The molecule has 0 bridgehead atoms. The van der Waals surface area contributed by atoms with E-state index in [0.717, 1.165) is 28.5 Å². The molecule has 0 aliphatic carbocycles. The van der Waals surface area contributed by atoms with E-state index in [1.807, 2.05) is 48.5 Å². The predicted molar refractivity (Wildman–Crippen MR) is 203 cm³/mol. The summed E-state index contributed by atoms with van der Waals surface area (Å²) in [4.78, 5) is 31.0. The van der Waals surface area contributed by atoms with Crippen LogP contribution in [0.25, 0.3) is 21.8 Å². The van der Waals surface area contributed by atoms with E-state index in [1.54, 1.807) is 42.5 Å². The number of ether oxygens (including phenoxy) is 2. The van der Waals surface area contributed by atoms with Crippen molar-refractivity contribution in [3.63, 3.8) is 0 Å². The molecule has 11 heteroatoms. The minimum atomic E-state index is -0.355. The second kappa shape index (κ2) is 16.6. The fourth-order valence-electron chi connectivity index (χ4n) is 5.78. The van der Waals surface area contributed by atoms with Gasteiger partial charge in [-0.15, -0.1) is 0 Å². The molecule has 0 atom stereocenters. The summed E-state index contributed by atoms with van der Waals surface area (Å²) in [5.41, 5.74) is 6.60. The normalized spacial score (nSPS) is 10.8. The molecular weight excluding hydrogens is 675 g/mol. The zero-order chi connectivity index (χ0) is 37.3. The first-order chi connectivity index (χ1) is 25.7. The molecule has 7 aromatic rings. The second-order valence-electron chi connectivity index (χ2n) is 12.3. The number of aliphatic hydroxyl groups is 1. The number of aromatic nitrogens is 2. The number of amides is 2. The number of anilines is 1. The van der Waals surface area contributed by atoms with Crippen LogP contribution >= 0.6 is 0 Å². The highest BCUT2D eigenvalue weighted by Gasteiger charge is 2.13. The van der Waals surface area contributed by atoms with Crippen molar-refractivity contribution in [1.29, 1.82) is 0 Å². The third-order valence-electron chi connectivity index (χ3n) is 8.53. The van der Waals surface area contributed by atoms with Crippen molar-refractivity contribution < 1.29 is 33.7 Å². The molecule has 2 aromatic heterocycles. The molecule has 0 saturated carbocycles. The number of fused-ring (bicyclic) bond motifs is 2. The fourth-order valence-corrected chi connectivity index (χ4v) is 5.78. The third kappa shape index (κ3) is 9.21. The van der Waals surface area contributed by atoms with Crippen LogP contribution in [0.3, 0.4) is 0 Å². The highest BCUT2D eigenvalue weighted by atomic mass is 19.1. The second-order valence-corrected chi connectivity index (χ2v) is 12.3. The summed E-state index contributed by atoms with van der Waals surface area (Å²) in [6.45, 7) is 2.60. The first-order valence-electron chi connectivity index (χ1n) is 17.0. The van der Waals surface area contributed by atoms with E-state index in [0.29, 0.717) is 51.6 Å². The summed E-state index contributed by atoms with van der Waals surface area (Å²) in [5.74, 6) is 0.302. The topological polar surface area (TPSA) is 149 Å². The zero-order valence-corrected chi connectivity index (χ0v) is 29.2. The van der Waals surface area contributed by atoms with E-state index in [2.05, 4.69) is 39.7 Å². The molecule has 0 unspecified atom stereocenters. The Morgan fingerprint density at radius 3 is 2.19 bits per heavy atom. The maximum atomic E-state index is 13.2. The van der Waals surface area contributed by atoms with Gasteiger partial charge in [0.25, 0.3) is 11.8 Å². The van der Waals surface area contributed by atoms with Crippen LogP contribution in [0.5, 0.6) is 17.2 Å². The Balaban J connectivity index is 0.000000188. The smallest absolute Gasteiger partial charge is 0.272 e. The van der Waals surface area contributed by atoms with Crippen molar-refractivity contribution >= 4 is 39.3 Å². The average molecular weight is 715 g/mol. The number of rotatable bonds is 11. The maximum absolute atomic E-state index is 13.2. The van der Waals surface area contributed by atoms with Crippen LogP contribution in [0.2, 0.25) is 0 Å². The molecular formula is C42H39FN4O6. The van der Waals surface area contributed by atoms with Gasteiger partial charge in [0.15, 0.2) is 0 Å². The Hall–Kier alpha value is -6.59.